The lowest BCUT2D eigenvalue weighted by Gasteiger charge is -2.23. The first-order chi connectivity index (χ1) is 5.45. The molecule has 0 aromatic heterocycles. The average Bonchev–Trinajstić information content (AvgIpc) is 2.36. The molecule has 0 spiro atoms. The van der Waals surface area contributed by atoms with Crippen LogP contribution < -0.4 is 5.32 Å². The molecule has 0 aromatic rings. The van der Waals surface area contributed by atoms with Crippen molar-refractivity contribution in [3.05, 3.63) is 12.2 Å². The third-order valence-corrected chi connectivity index (χ3v) is 2.43. The van der Waals surface area contributed by atoms with E-state index in [2.05, 4.69) is 17.5 Å². The number of nitrogens with one attached hydrogen (secondary N) is 1. The lowest BCUT2D eigenvalue weighted by atomic mass is 10.00. The van der Waals surface area contributed by atoms with Crippen LogP contribution in [0.15, 0.2) is 12.2 Å². The molecule has 2 nitrogen and oxygen atoms in total. The van der Waals surface area contributed by atoms with Crippen molar-refractivity contribution in [2.75, 3.05) is 26.3 Å². The largest absolute Gasteiger partial charge is 0.381 e. The molecular formula is C9H15NO. The lowest BCUT2D eigenvalue weighted by molar-refractivity contribution is 0.191. The van der Waals surface area contributed by atoms with Crippen LogP contribution in [0.4, 0.5) is 0 Å². The average molecular weight is 153 g/mol. The normalized spacial score (nSPS) is 32.9. The summed E-state index contributed by atoms with van der Waals surface area (Å²) in [6, 6.07) is 0. The fraction of sp³-hybridized carbons (Fsp3) is 0.778. The fourth-order valence-corrected chi connectivity index (χ4v) is 1.47. The minimum absolute atomic E-state index is 0.704. The molecule has 2 aliphatic rings. The van der Waals surface area contributed by atoms with E-state index in [1.54, 1.807) is 0 Å². The second kappa shape index (κ2) is 3.37. The van der Waals surface area contributed by atoms with Crippen LogP contribution in [0.5, 0.6) is 0 Å². The highest BCUT2D eigenvalue weighted by Crippen LogP contribution is 2.15. The van der Waals surface area contributed by atoms with E-state index in [-0.39, 0.29) is 0 Å². The Morgan fingerprint density at radius 3 is 2.55 bits per heavy atom. The van der Waals surface area contributed by atoms with Gasteiger partial charge in [-0.15, -0.1) is 0 Å². The van der Waals surface area contributed by atoms with Crippen molar-refractivity contribution in [1.29, 1.82) is 0 Å². The first-order valence-corrected chi connectivity index (χ1v) is 4.42. The molecule has 1 N–H and O–H groups in total. The maximum Gasteiger partial charge on any atom is 0.0529 e. The predicted molar refractivity (Wildman–Crippen MR) is 44.4 cm³/mol. The number of hydrogen-bond acceptors (Lipinski definition) is 2. The summed E-state index contributed by atoms with van der Waals surface area (Å²) in [5, 5.41) is 3.25. The molecule has 62 valence electrons. The molecule has 11 heavy (non-hydrogen) atoms. The molecule has 0 bridgehead atoms. The Balaban J connectivity index is 1.73. The summed E-state index contributed by atoms with van der Waals surface area (Å²) in [4.78, 5) is 0. The van der Waals surface area contributed by atoms with Crippen molar-refractivity contribution < 1.29 is 4.74 Å². The third kappa shape index (κ3) is 1.82. The van der Waals surface area contributed by atoms with Crippen LogP contribution in [0.25, 0.3) is 0 Å². The second-order valence-electron chi connectivity index (χ2n) is 3.43. The molecular weight excluding hydrogens is 138 g/mol. The Labute approximate surface area is 67.6 Å². The van der Waals surface area contributed by atoms with Crippen LogP contribution in [0.1, 0.15) is 6.42 Å². The quantitative estimate of drug-likeness (QED) is 0.592. The molecule has 2 fully saturated rings. The van der Waals surface area contributed by atoms with Gasteiger partial charge in [0.2, 0.25) is 0 Å². The summed E-state index contributed by atoms with van der Waals surface area (Å²) >= 11 is 0. The van der Waals surface area contributed by atoms with E-state index in [4.69, 9.17) is 4.74 Å². The van der Waals surface area contributed by atoms with Crippen molar-refractivity contribution in [3.63, 3.8) is 0 Å². The maximum absolute atomic E-state index is 5.27. The predicted octanol–water partition coefficient (Wildman–Crippen LogP) is 0.798. The molecule has 1 unspecified atom stereocenters. The van der Waals surface area contributed by atoms with Crippen molar-refractivity contribution in [1.82, 2.24) is 5.32 Å². The van der Waals surface area contributed by atoms with Gasteiger partial charge in [-0.05, 0) is 6.42 Å². The molecule has 2 heteroatoms. The first-order valence-electron chi connectivity index (χ1n) is 4.42. The third-order valence-electron chi connectivity index (χ3n) is 2.43. The summed E-state index contributed by atoms with van der Waals surface area (Å²) in [5.74, 6) is 1.51. The van der Waals surface area contributed by atoms with Gasteiger partial charge in [0, 0.05) is 31.5 Å². The summed E-state index contributed by atoms with van der Waals surface area (Å²) < 4.78 is 5.27. The Hall–Kier alpha value is -0.340. The van der Waals surface area contributed by atoms with Gasteiger partial charge in [-0.2, -0.15) is 0 Å². The summed E-state index contributed by atoms with van der Waals surface area (Å²) in [6.45, 7) is 4.24. The monoisotopic (exact) mass is 153 g/mol. The van der Waals surface area contributed by atoms with Gasteiger partial charge in [0.15, 0.2) is 0 Å². The van der Waals surface area contributed by atoms with Crippen molar-refractivity contribution in [2.24, 2.45) is 11.8 Å². The Morgan fingerprint density at radius 2 is 2.00 bits per heavy atom. The maximum atomic E-state index is 5.27. The molecule has 2 heterocycles. The van der Waals surface area contributed by atoms with Gasteiger partial charge in [0.25, 0.3) is 0 Å². The van der Waals surface area contributed by atoms with Gasteiger partial charge in [-0.3, -0.25) is 0 Å². The molecule has 0 aliphatic carbocycles. The van der Waals surface area contributed by atoms with Crippen LogP contribution >= 0.6 is 0 Å². The summed E-state index contributed by atoms with van der Waals surface area (Å²) in [7, 11) is 0. The minimum atomic E-state index is 0.704. The Morgan fingerprint density at radius 1 is 1.18 bits per heavy atom. The first kappa shape index (κ1) is 7.32. The van der Waals surface area contributed by atoms with E-state index in [1.165, 1.54) is 19.5 Å². The van der Waals surface area contributed by atoms with Gasteiger partial charge in [0.05, 0.1) is 6.61 Å². The topological polar surface area (TPSA) is 21.3 Å². The summed E-state index contributed by atoms with van der Waals surface area (Å²) in [5.41, 5.74) is 0. The van der Waals surface area contributed by atoms with Crippen LogP contribution in [0.3, 0.4) is 0 Å². The number of hydrogen-bond donors (Lipinski definition) is 1. The van der Waals surface area contributed by atoms with E-state index in [0.717, 1.165) is 19.1 Å². The standard InChI is InChI=1S/C9H15NO/c1(2-9-5-10-6-9)8-3-4-11-7-8/h1-2,8-10H,3-7H2/b2-1+. The molecule has 0 radical (unpaired) electrons. The molecule has 1 atom stereocenters. The van der Waals surface area contributed by atoms with Gasteiger partial charge >= 0.3 is 0 Å². The van der Waals surface area contributed by atoms with E-state index < -0.39 is 0 Å². The van der Waals surface area contributed by atoms with Gasteiger partial charge in [-0.1, -0.05) is 12.2 Å². The van der Waals surface area contributed by atoms with E-state index in [0.29, 0.717) is 5.92 Å². The van der Waals surface area contributed by atoms with E-state index in [1.807, 2.05) is 0 Å². The van der Waals surface area contributed by atoms with Crippen molar-refractivity contribution in [2.45, 2.75) is 6.42 Å². The van der Waals surface area contributed by atoms with Crippen molar-refractivity contribution >= 4 is 0 Å². The lowest BCUT2D eigenvalue weighted by Crippen LogP contribution is -2.40. The van der Waals surface area contributed by atoms with Crippen molar-refractivity contribution in [3.8, 4) is 0 Å². The van der Waals surface area contributed by atoms with Crippen LogP contribution in [0.2, 0.25) is 0 Å². The Bertz CT molecular complexity index is 146. The van der Waals surface area contributed by atoms with Gasteiger partial charge in [0.1, 0.15) is 0 Å². The molecule has 0 saturated carbocycles. The Kier molecular flexibility index (Phi) is 2.24. The molecule has 0 amide bonds. The SMILES string of the molecule is C(=C\C1CCOC1)/C1CNC1. The van der Waals surface area contributed by atoms with Crippen LogP contribution in [0, 0.1) is 11.8 Å². The highest BCUT2D eigenvalue weighted by atomic mass is 16.5. The molecule has 0 aromatic carbocycles. The molecule has 2 aliphatic heterocycles. The second-order valence-corrected chi connectivity index (χ2v) is 3.43. The molecule has 2 saturated heterocycles. The smallest absolute Gasteiger partial charge is 0.0529 e. The fourth-order valence-electron chi connectivity index (χ4n) is 1.47. The highest BCUT2D eigenvalue weighted by Gasteiger charge is 2.15. The van der Waals surface area contributed by atoms with Crippen LogP contribution in [-0.4, -0.2) is 26.3 Å². The zero-order valence-corrected chi connectivity index (χ0v) is 6.75. The van der Waals surface area contributed by atoms with Gasteiger partial charge < -0.3 is 10.1 Å². The van der Waals surface area contributed by atoms with Crippen LogP contribution in [-0.2, 0) is 4.74 Å². The zero-order valence-electron chi connectivity index (χ0n) is 6.75. The number of ether oxygens (including phenoxy) is 1. The summed E-state index contributed by atoms with van der Waals surface area (Å²) in [6.07, 6.45) is 5.89. The highest BCUT2D eigenvalue weighted by molar-refractivity contribution is 4.98. The van der Waals surface area contributed by atoms with E-state index in [9.17, 15) is 0 Å². The van der Waals surface area contributed by atoms with E-state index >= 15 is 0 Å². The van der Waals surface area contributed by atoms with Gasteiger partial charge in [-0.25, -0.2) is 0 Å². The molecule has 2 rings (SSSR count). The minimum Gasteiger partial charge on any atom is -0.381 e. The zero-order chi connectivity index (χ0) is 7.52. The number of rotatable bonds is 2.